The van der Waals surface area contributed by atoms with Crippen LogP contribution in [0, 0.1) is 12.3 Å². The first-order valence-electron chi connectivity index (χ1n) is 31.5. The largest absolute Gasteiger partial charge is 0.462 e. The van der Waals surface area contributed by atoms with Gasteiger partial charge in [-0.3, -0.25) is 9.59 Å². The smallest absolute Gasteiger partial charge is 0.306 e. The molecule has 5 heterocycles. The Morgan fingerprint density at radius 2 is 0.835 bits per heavy atom. The highest BCUT2D eigenvalue weighted by Gasteiger charge is 2.43. The molecule has 458 valence electrons. The predicted molar refractivity (Wildman–Crippen MR) is 331 cm³/mol. The van der Waals surface area contributed by atoms with Crippen LogP contribution in [0.3, 0.4) is 0 Å². The van der Waals surface area contributed by atoms with Crippen molar-refractivity contribution >= 4 is 23.8 Å². The SMILES string of the molecule is CC1(C)CC(OC(=O)CCCCCCCCC(=O)OC2CC(C)(C)NC(C)(C)C2)CC(C)(C)N1.Cc1nc(NC(C)(C)CC(C)(C)C)nc(N(CCCCCCN(C)C2CC(C)(C)NC(C)(C)C2)C2CC(C)(C)NC(C)(C)C2)n1. The lowest BCUT2D eigenvalue weighted by Crippen LogP contribution is -2.62. The van der Waals surface area contributed by atoms with E-state index in [1.54, 1.807) is 0 Å². The fourth-order valence-corrected chi connectivity index (χ4v) is 15.4. The van der Waals surface area contributed by atoms with Crippen molar-refractivity contribution in [3.63, 3.8) is 0 Å². The summed E-state index contributed by atoms with van der Waals surface area (Å²) in [5.74, 6) is 2.16. The number of aromatic nitrogens is 3. The van der Waals surface area contributed by atoms with Crippen molar-refractivity contribution in [3.8, 4) is 0 Å². The molecular weight excluding hydrogens is 985 g/mol. The number of hydrogen-bond donors (Lipinski definition) is 5. The lowest BCUT2D eigenvalue weighted by Gasteiger charge is -2.49. The first kappa shape index (κ1) is 68.8. The van der Waals surface area contributed by atoms with E-state index in [0.29, 0.717) is 30.9 Å². The molecule has 0 amide bonds. The highest BCUT2D eigenvalue weighted by atomic mass is 16.5. The van der Waals surface area contributed by atoms with Gasteiger partial charge in [0, 0.05) is 107 Å². The fraction of sp³-hybridized carbons (Fsp3) is 0.923. The van der Waals surface area contributed by atoms with Crippen LogP contribution in [-0.4, -0.2) is 126 Å². The first-order chi connectivity index (χ1) is 35.9. The van der Waals surface area contributed by atoms with E-state index >= 15 is 0 Å². The molecule has 14 heteroatoms. The normalized spacial score (nSPS) is 22.8. The third-order valence-electron chi connectivity index (χ3n) is 16.4. The lowest BCUT2D eigenvalue weighted by molar-refractivity contribution is -0.154. The molecule has 0 spiro atoms. The Morgan fingerprint density at radius 3 is 1.23 bits per heavy atom. The number of nitrogens with one attached hydrogen (secondary N) is 5. The van der Waals surface area contributed by atoms with Crippen molar-refractivity contribution in [1.82, 2.24) is 41.1 Å². The summed E-state index contributed by atoms with van der Waals surface area (Å²) in [6.45, 7) is 51.6. The minimum absolute atomic E-state index is 0.000484. The van der Waals surface area contributed by atoms with E-state index in [4.69, 9.17) is 24.4 Å². The first-order valence-corrected chi connectivity index (χ1v) is 31.5. The summed E-state index contributed by atoms with van der Waals surface area (Å²) in [5.41, 5.74) is 0.490. The summed E-state index contributed by atoms with van der Waals surface area (Å²) >= 11 is 0. The fourth-order valence-electron chi connectivity index (χ4n) is 15.4. The van der Waals surface area contributed by atoms with Gasteiger partial charge < -0.3 is 45.9 Å². The number of unbranched alkanes of at least 4 members (excludes halogenated alkanes) is 8. The van der Waals surface area contributed by atoms with E-state index in [9.17, 15) is 9.59 Å². The summed E-state index contributed by atoms with van der Waals surface area (Å²) in [5, 5.41) is 18.6. The van der Waals surface area contributed by atoms with Gasteiger partial charge in [-0.05, 0) is 208 Å². The number of rotatable bonds is 24. The van der Waals surface area contributed by atoms with Crippen LogP contribution in [0.15, 0.2) is 0 Å². The van der Waals surface area contributed by atoms with Crippen molar-refractivity contribution in [2.75, 3.05) is 30.4 Å². The molecule has 0 atom stereocenters. The van der Waals surface area contributed by atoms with Gasteiger partial charge in [0.25, 0.3) is 0 Å². The highest BCUT2D eigenvalue weighted by molar-refractivity contribution is 5.70. The number of esters is 2. The summed E-state index contributed by atoms with van der Waals surface area (Å²) in [6, 6.07) is 1.01. The van der Waals surface area contributed by atoms with Crippen molar-refractivity contribution in [1.29, 1.82) is 0 Å². The van der Waals surface area contributed by atoms with Gasteiger partial charge in [0.2, 0.25) is 11.9 Å². The van der Waals surface area contributed by atoms with Gasteiger partial charge in [-0.2, -0.15) is 15.0 Å². The average molecular weight is 1110 g/mol. The summed E-state index contributed by atoms with van der Waals surface area (Å²) < 4.78 is 11.6. The highest BCUT2D eigenvalue weighted by Crippen LogP contribution is 2.37. The van der Waals surface area contributed by atoms with Crippen LogP contribution in [0.25, 0.3) is 0 Å². The molecule has 4 fully saturated rings. The molecule has 0 aliphatic carbocycles. The third kappa shape index (κ3) is 26.2. The molecular formula is C65H124N10O4. The molecule has 5 rings (SSSR count). The molecule has 1 aromatic rings. The Labute approximate surface area is 485 Å². The third-order valence-corrected chi connectivity index (χ3v) is 16.4. The van der Waals surface area contributed by atoms with Crippen LogP contribution in [-0.2, 0) is 19.1 Å². The molecule has 0 bridgehead atoms. The Morgan fingerprint density at radius 1 is 0.494 bits per heavy atom. The van der Waals surface area contributed by atoms with Crippen LogP contribution >= 0.6 is 0 Å². The maximum absolute atomic E-state index is 12.3. The monoisotopic (exact) mass is 1110 g/mol. The number of hydrogen-bond acceptors (Lipinski definition) is 14. The number of carbonyl (C=O) groups is 2. The second-order valence-corrected chi connectivity index (χ2v) is 32.7. The van der Waals surface area contributed by atoms with E-state index in [-0.39, 0.29) is 79.4 Å². The Kier molecular flexibility index (Phi) is 23.9. The number of anilines is 2. The molecule has 4 aliphatic rings. The Hall–Kier alpha value is -2.65. The van der Waals surface area contributed by atoms with E-state index in [0.717, 1.165) is 108 Å². The van der Waals surface area contributed by atoms with E-state index < -0.39 is 0 Å². The predicted octanol–water partition coefficient (Wildman–Crippen LogP) is 13.5. The van der Waals surface area contributed by atoms with Crippen LogP contribution in [0.2, 0.25) is 0 Å². The van der Waals surface area contributed by atoms with Crippen molar-refractivity contribution in [3.05, 3.63) is 5.82 Å². The Bertz CT molecular complexity index is 1950. The topological polar surface area (TPSA) is 158 Å². The molecule has 4 aliphatic heterocycles. The van der Waals surface area contributed by atoms with Gasteiger partial charge in [0.1, 0.15) is 18.0 Å². The minimum atomic E-state index is -0.125. The molecule has 0 aromatic carbocycles. The number of ether oxygens (including phenoxy) is 2. The average Bonchev–Trinajstić information content (AvgIpc) is 3.18. The molecule has 1 aromatic heterocycles. The second-order valence-electron chi connectivity index (χ2n) is 32.7. The molecule has 4 saturated heterocycles. The number of carbonyl (C=O) groups excluding carboxylic acids is 2. The van der Waals surface area contributed by atoms with Gasteiger partial charge in [0.15, 0.2) is 0 Å². The molecule has 0 saturated carbocycles. The standard InChI is InChI=1S/C37H72N8.C28H52N2O4/c1-27-38-30(41-37(13,14)26-32(2,3)4)40-31(39-27)45(29-24-35(9,10)43-36(11,12)25-29)21-19-17-16-18-20-44(15)28-22-33(5,6)42-34(7,8)23-28;1-25(2)17-21(18-26(3,4)29-25)33-23(31)15-13-11-9-10-12-14-16-24(32)34-22-19-27(5,6)30-28(7,8)20-22/h28-29,42-43H,16-26H2,1-15H3,(H,38,39,40,41);21-22,29-30H,9-20H2,1-8H3. The van der Waals surface area contributed by atoms with Gasteiger partial charge in [-0.1, -0.05) is 59.3 Å². The van der Waals surface area contributed by atoms with Gasteiger partial charge in [-0.15, -0.1) is 0 Å². The van der Waals surface area contributed by atoms with Crippen LogP contribution in [0.4, 0.5) is 11.9 Å². The summed E-state index contributed by atoms with van der Waals surface area (Å²) in [6.07, 6.45) is 20.8. The zero-order chi connectivity index (χ0) is 59.7. The maximum atomic E-state index is 12.3. The number of nitrogens with zero attached hydrogens (tertiary/aromatic N) is 5. The minimum Gasteiger partial charge on any atom is -0.462 e. The second kappa shape index (κ2) is 27.4. The zero-order valence-corrected chi connectivity index (χ0v) is 55.4. The zero-order valence-electron chi connectivity index (χ0n) is 55.4. The van der Waals surface area contributed by atoms with Crippen LogP contribution in [0.5, 0.6) is 0 Å². The Balaban J connectivity index is 0.000000354. The van der Waals surface area contributed by atoms with Gasteiger partial charge in [0.05, 0.1) is 0 Å². The maximum Gasteiger partial charge on any atom is 0.306 e. The summed E-state index contributed by atoms with van der Waals surface area (Å²) in [4.78, 5) is 44.5. The van der Waals surface area contributed by atoms with E-state index in [2.05, 4.69) is 189 Å². The summed E-state index contributed by atoms with van der Waals surface area (Å²) in [7, 11) is 2.34. The molecule has 5 N–H and O–H groups in total. The number of aryl methyl sites for hydroxylation is 1. The van der Waals surface area contributed by atoms with Gasteiger partial charge in [-0.25, -0.2) is 0 Å². The van der Waals surface area contributed by atoms with Crippen LogP contribution in [0.1, 0.15) is 286 Å². The van der Waals surface area contributed by atoms with E-state index in [1.165, 1.54) is 38.6 Å². The molecule has 14 nitrogen and oxygen atoms in total. The number of piperidine rings is 4. The lowest BCUT2D eigenvalue weighted by atomic mass is 9.79. The van der Waals surface area contributed by atoms with E-state index in [1.807, 2.05) is 6.92 Å². The van der Waals surface area contributed by atoms with Crippen molar-refractivity contribution in [2.24, 2.45) is 5.41 Å². The molecule has 0 unspecified atom stereocenters. The van der Waals surface area contributed by atoms with Crippen molar-refractivity contribution in [2.45, 2.75) is 361 Å². The van der Waals surface area contributed by atoms with Gasteiger partial charge >= 0.3 is 11.9 Å². The quantitative estimate of drug-likeness (QED) is 0.0492. The molecule has 0 radical (unpaired) electrons. The van der Waals surface area contributed by atoms with Crippen LogP contribution < -0.4 is 31.5 Å². The van der Waals surface area contributed by atoms with Crippen molar-refractivity contribution < 1.29 is 19.1 Å². The molecule has 79 heavy (non-hydrogen) atoms.